The van der Waals surface area contributed by atoms with Crippen LogP contribution >= 0.6 is 0 Å². The summed E-state index contributed by atoms with van der Waals surface area (Å²) in [7, 11) is 0. The number of benzene rings is 2. The predicted molar refractivity (Wildman–Crippen MR) is 77.2 cm³/mol. The van der Waals surface area contributed by atoms with Crippen molar-refractivity contribution in [1.29, 1.82) is 0 Å². The summed E-state index contributed by atoms with van der Waals surface area (Å²) < 4.78 is 19.0. The Kier molecular flexibility index (Phi) is 3.45. The zero-order valence-corrected chi connectivity index (χ0v) is 11.5. The molecule has 3 heteroatoms. The van der Waals surface area contributed by atoms with E-state index < -0.39 is 0 Å². The minimum Gasteiger partial charge on any atom is -0.489 e. The molecule has 2 aromatic rings. The second kappa shape index (κ2) is 5.25. The third kappa shape index (κ3) is 2.54. The van der Waals surface area contributed by atoms with Crippen LogP contribution in [0.1, 0.15) is 34.7 Å². The molecule has 20 heavy (non-hydrogen) atoms. The fourth-order valence-electron chi connectivity index (χ4n) is 2.67. The molecule has 2 aromatic carbocycles. The van der Waals surface area contributed by atoms with Crippen LogP contribution in [0.4, 0.5) is 4.39 Å². The van der Waals surface area contributed by atoms with Crippen LogP contribution < -0.4 is 10.5 Å². The molecular formula is C17H18FNO. The molecular weight excluding hydrogens is 253 g/mol. The van der Waals surface area contributed by atoms with Gasteiger partial charge in [-0.1, -0.05) is 12.1 Å². The van der Waals surface area contributed by atoms with Crippen molar-refractivity contribution in [3.05, 3.63) is 64.5 Å². The number of rotatable bonds is 3. The molecule has 0 fully saturated rings. The summed E-state index contributed by atoms with van der Waals surface area (Å²) in [5, 5.41) is 0. The lowest BCUT2D eigenvalue weighted by atomic mass is 10.1. The van der Waals surface area contributed by atoms with E-state index in [0.717, 1.165) is 29.7 Å². The Morgan fingerprint density at radius 2 is 2.10 bits per heavy atom. The first-order chi connectivity index (χ1) is 9.63. The molecule has 0 aliphatic heterocycles. The normalized spacial score (nSPS) is 17.1. The lowest BCUT2D eigenvalue weighted by Crippen LogP contribution is -2.05. The van der Waals surface area contributed by atoms with Crippen molar-refractivity contribution in [2.24, 2.45) is 5.73 Å². The number of nitrogens with two attached hydrogens (primary N) is 1. The second-order valence-corrected chi connectivity index (χ2v) is 5.37. The van der Waals surface area contributed by atoms with Crippen molar-refractivity contribution >= 4 is 0 Å². The maximum absolute atomic E-state index is 13.2. The van der Waals surface area contributed by atoms with Crippen LogP contribution in [0.15, 0.2) is 36.4 Å². The highest BCUT2D eigenvalue weighted by Crippen LogP contribution is 2.32. The van der Waals surface area contributed by atoms with E-state index in [1.54, 1.807) is 6.07 Å². The van der Waals surface area contributed by atoms with Crippen LogP contribution in [-0.4, -0.2) is 0 Å². The fourth-order valence-corrected chi connectivity index (χ4v) is 2.67. The van der Waals surface area contributed by atoms with Crippen molar-refractivity contribution in [3.63, 3.8) is 0 Å². The Balaban J connectivity index is 1.74. The molecule has 0 spiro atoms. The van der Waals surface area contributed by atoms with Gasteiger partial charge in [0.25, 0.3) is 0 Å². The summed E-state index contributed by atoms with van der Waals surface area (Å²) in [4.78, 5) is 0. The monoisotopic (exact) mass is 271 g/mol. The van der Waals surface area contributed by atoms with Gasteiger partial charge < -0.3 is 10.5 Å². The van der Waals surface area contributed by atoms with Crippen molar-refractivity contribution in [2.45, 2.75) is 32.4 Å². The molecule has 0 aromatic heterocycles. The standard InChI is InChI=1S/C17H18FNO/c1-11-2-4-14(18)8-13(11)10-20-15-5-6-16-12(9-15)3-7-17(16)19/h2,4-6,8-9,17H,3,7,10,19H2,1H3/t17-/m1/s1. The number of fused-ring (bicyclic) bond motifs is 1. The number of aryl methyl sites for hydroxylation is 2. The fraction of sp³-hybridized carbons (Fsp3) is 0.294. The highest BCUT2D eigenvalue weighted by Gasteiger charge is 2.19. The minimum atomic E-state index is -0.228. The number of hydrogen-bond donors (Lipinski definition) is 1. The van der Waals surface area contributed by atoms with Gasteiger partial charge in [0.15, 0.2) is 0 Å². The summed E-state index contributed by atoms with van der Waals surface area (Å²) in [5.41, 5.74) is 10.4. The summed E-state index contributed by atoms with van der Waals surface area (Å²) >= 11 is 0. The van der Waals surface area contributed by atoms with Gasteiger partial charge in [0.2, 0.25) is 0 Å². The van der Waals surface area contributed by atoms with Crippen LogP contribution in [0.5, 0.6) is 5.75 Å². The minimum absolute atomic E-state index is 0.157. The molecule has 104 valence electrons. The molecule has 1 aliphatic carbocycles. The molecule has 0 saturated heterocycles. The van der Waals surface area contributed by atoms with E-state index in [2.05, 4.69) is 6.07 Å². The molecule has 0 amide bonds. The van der Waals surface area contributed by atoms with Gasteiger partial charge in [0, 0.05) is 6.04 Å². The van der Waals surface area contributed by atoms with E-state index in [1.807, 2.05) is 19.1 Å². The molecule has 1 atom stereocenters. The Bertz CT molecular complexity index is 639. The summed E-state index contributed by atoms with van der Waals surface area (Å²) in [6, 6.07) is 11.0. The lowest BCUT2D eigenvalue weighted by Gasteiger charge is -2.11. The molecule has 0 radical (unpaired) electrons. The summed E-state index contributed by atoms with van der Waals surface area (Å²) in [5.74, 6) is 0.593. The highest BCUT2D eigenvalue weighted by atomic mass is 19.1. The maximum Gasteiger partial charge on any atom is 0.123 e. The van der Waals surface area contributed by atoms with E-state index in [9.17, 15) is 4.39 Å². The van der Waals surface area contributed by atoms with Crippen LogP contribution in [0, 0.1) is 12.7 Å². The Hall–Kier alpha value is -1.87. The topological polar surface area (TPSA) is 35.2 Å². The molecule has 0 heterocycles. The molecule has 3 rings (SSSR count). The van der Waals surface area contributed by atoms with Crippen LogP contribution in [0.25, 0.3) is 0 Å². The van der Waals surface area contributed by atoms with E-state index in [-0.39, 0.29) is 11.9 Å². The van der Waals surface area contributed by atoms with Crippen LogP contribution in [-0.2, 0) is 13.0 Å². The van der Waals surface area contributed by atoms with Crippen LogP contribution in [0.2, 0.25) is 0 Å². The van der Waals surface area contributed by atoms with Crippen molar-refractivity contribution in [3.8, 4) is 5.75 Å². The Morgan fingerprint density at radius 3 is 2.95 bits per heavy atom. The SMILES string of the molecule is Cc1ccc(F)cc1COc1ccc2c(c1)CC[C@H]2N. The summed E-state index contributed by atoms with van der Waals surface area (Å²) in [6.07, 6.45) is 2.01. The van der Waals surface area contributed by atoms with Gasteiger partial charge in [0.1, 0.15) is 18.2 Å². The van der Waals surface area contributed by atoms with Gasteiger partial charge >= 0.3 is 0 Å². The van der Waals surface area contributed by atoms with Gasteiger partial charge in [-0.25, -0.2) is 4.39 Å². The van der Waals surface area contributed by atoms with E-state index in [4.69, 9.17) is 10.5 Å². The zero-order chi connectivity index (χ0) is 14.1. The number of ether oxygens (including phenoxy) is 1. The van der Waals surface area contributed by atoms with Gasteiger partial charge in [-0.15, -0.1) is 0 Å². The predicted octanol–water partition coefficient (Wildman–Crippen LogP) is 3.66. The molecule has 2 nitrogen and oxygen atoms in total. The molecule has 0 saturated carbocycles. The average molecular weight is 271 g/mol. The molecule has 2 N–H and O–H groups in total. The largest absolute Gasteiger partial charge is 0.489 e. The Morgan fingerprint density at radius 1 is 1.25 bits per heavy atom. The summed E-state index contributed by atoms with van der Waals surface area (Å²) in [6.45, 7) is 2.34. The van der Waals surface area contributed by atoms with Gasteiger partial charge in [-0.05, 0) is 66.3 Å². The maximum atomic E-state index is 13.2. The smallest absolute Gasteiger partial charge is 0.123 e. The first kappa shape index (κ1) is 13.1. The van der Waals surface area contributed by atoms with Crippen LogP contribution in [0.3, 0.4) is 0 Å². The third-order valence-corrected chi connectivity index (χ3v) is 3.94. The number of hydrogen-bond acceptors (Lipinski definition) is 2. The van der Waals surface area contributed by atoms with Crippen molar-refractivity contribution in [1.82, 2.24) is 0 Å². The van der Waals surface area contributed by atoms with Gasteiger partial charge in [0.05, 0.1) is 0 Å². The van der Waals surface area contributed by atoms with Gasteiger partial charge in [-0.3, -0.25) is 0 Å². The van der Waals surface area contributed by atoms with Crippen molar-refractivity contribution < 1.29 is 9.13 Å². The lowest BCUT2D eigenvalue weighted by molar-refractivity contribution is 0.304. The second-order valence-electron chi connectivity index (χ2n) is 5.37. The quantitative estimate of drug-likeness (QED) is 0.924. The molecule has 0 bridgehead atoms. The third-order valence-electron chi connectivity index (χ3n) is 3.94. The Labute approximate surface area is 118 Å². The first-order valence-corrected chi connectivity index (χ1v) is 6.90. The molecule has 1 aliphatic rings. The van der Waals surface area contributed by atoms with E-state index in [0.29, 0.717) is 6.61 Å². The van der Waals surface area contributed by atoms with Gasteiger partial charge in [-0.2, -0.15) is 0 Å². The zero-order valence-electron chi connectivity index (χ0n) is 11.5. The molecule has 0 unspecified atom stereocenters. The first-order valence-electron chi connectivity index (χ1n) is 6.90. The highest BCUT2D eigenvalue weighted by molar-refractivity contribution is 5.40. The average Bonchev–Trinajstić information content (AvgIpc) is 2.81. The van der Waals surface area contributed by atoms with E-state index >= 15 is 0 Å². The number of halogens is 1. The van der Waals surface area contributed by atoms with E-state index in [1.165, 1.54) is 23.3 Å². The van der Waals surface area contributed by atoms with Crippen molar-refractivity contribution in [2.75, 3.05) is 0 Å².